The second-order valence-corrected chi connectivity index (χ2v) is 7.93. The molecule has 30 heavy (non-hydrogen) atoms. The number of aromatic nitrogens is 1. The summed E-state index contributed by atoms with van der Waals surface area (Å²) in [4.78, 5) is 18.7. The Morgan fingerprint density at radius 2 is 2.00 bits per heavy atom. The van der Waals surface area contributed by atoms with Crippen LogP contribution in [0.3, 0.4) is 0 Å². The third-order valence-electron chi connectivity index (χ3n) is 5.87. The highest BCUT2D eigenvalue weighted by Gasteiger charge is 2.46. The predicted octanol–water partition coefficient (Wildman–Crippen LogP) is 3.96. The number of amides is 1. The molecule has 0 radical (unpaired) electrons. The van der Waals surface area contributed by atoms with Crippen LogP contribution in [0.25, 0.3) is 0 Å². The van der Waals surface area contributed by atoms with E-state index in [1.54, 1.807) is 6.07 Å². The number of nitrogens with zero attached hydrogens (tertiary/aromatic N) is 2. The number of nitrogens with one attached hydrogen (secondary N) is 2. The first-order valence-electron chi connectivity index (χ1n) is 9.47. The molecule has 1 aromatic carbocycles. The third-order valence-corrected chi connectivity index (χ3v) is 6.28. The molecule has 160 valence electrons. The number of hydrazine groups is 1. The number of likely N-dealkylation sites (tertiary alicyclic amines) is 1. The van der Waals surface area contributed by atoms with Gasteiger partial charge < -0.3 is 4.90 Å². The van der Waals surface area contributed by atoms with Crippen LogP contribution in [-0.4, -0.2) is 34.4 Å². The Kier molecular flexibility index (Phi) is 5.46. The molecule has 2 aliphatic rings. The minimum absolute atomic E-state index is 0.0824. The van der Waals surface area contributed by atoms with Crippen LogP contribution in [-0.2, 0) is 6.18 Å². The Hall–Kier alpha value is -2.23. The molecule has 2 saturated heterocycles. The summed E-state index contributed by atoms with van der Waals surface area (Å²) >= 11 is 5.95. The van der Waals surface area contributed by atoms with Crippen molar-refractivity contribution >= 4 is 17.5 Å². The second-order valence-electron chi connectivity index (χ2n) is 7.55. The summed E-state index contributed by atoms with van der Waals surface area (Å²) in [6.45, 7) is 2.19. The Morgan fingerprint density at radius 1 is 1.23 bits per heavy atom. The van der Waals surface area contributed by atoms with Crippen molar-refractivity contribution in [2.24, 2.45) is 5.92 Å². The van der Waals surface area contributed by atoms with Gasteiger partial charge in [-0.05, 0) is 37.6 Å². The van der Waals surface area contributed by atoms with Crippen LogP contribution >= 0.6 is 11.6 Å². The van der Waals surface area contributed by atoms with Gasteiger partial charge in [-0.1, -0.05) is 17.7 Å². The lowest BCUT2D eigenvalue weighted by Gasteiger charge is -2.41. The van der Waals surface area contributed by atoms with Gasteiger partial charge in [-0.2, -0.15) is 13.2 Å². The summed E-state index contributed by atoms with van der Waals surface area (Å²) in [6, 6.07) is 5.69. The summed E-state index contributed by atoms with van der Waals surface area (Å²) in [5.41, 5.74) is 5.81. The zero-order valence-corrected chi connectivity index (χ0v) is 16.6. The van der Waals surface area contributed by atoms with Crippen LogP contribution in [0.5, 0.6) is 0 Å². The molecular weight excluding hydrogens is 424 g/mol. The summed E-state index contributed by atoms with van der Waals surface area (Å²) < 4.78 is 52.7. The molecule has 0 bridgehead atoms. The van der Waals surface area contributed by atoms with E-state index in [0.717, 1.165) is 12.3 Å². The Balaban J connectivity index is 1.55. The van der Waals surface area contributed by atoms with Crippen LogP contribution in [0.1, 0.15) is 41.0 Å². The van der Waals surface area contributed by atoms with Crippen LogP contribution < -0.4 is 10.9 Å². The van der Waals surface area contributed by atoms with Gasteiger partial charge in [0, 0.05) is 24.5 Å². The lowest BCUT2D eigenvalue weighted by atomic mass is 9.81. The Morgan fingerprint density at radius 3 is 2.67 bits per heavy atom. The fourth-order valence-corrected chi connectivity index (χ4v) is 4.65. The standard InChI is InChI=1S/C20H19ClF4N4O/c1-10-17-13(18(28-27-17)15-6-5-11(22)9-26-15)7-8-29(10)19(30)12-3-2-4-14(16(12)21)20(23,24)25/h2-6,9-10,13,17-18,27-28H,7-8H2,1H3. The van der Waals surface area contributed by atoms with Crippen molar-refractivity contribution in [2.75, 3.05) is 6.54 Å². The fraction of sp³-hybridized carbons (Fsp3) is 0.400. The number of halogens is 5. The predicted molar refractivity (Wildman–Crippen MR) is 102 cm³/mol. The molecule has 2 N–H and O–H groups in total. The quantitative estimate of drug-likeness (QED) is 0.691. The molecule has 0 aliphatic carbocycles. The largest absolute Gasteiger partial charge is 0.417 e. The van der Waals surface area contributed by atoms with E-state index < -0.39 is 28.5 Å². The molecule has 3 heterocycles. The zero-order valence-electron chi connectivity index (χ0n) is 15.9. The topological polar surface area (TPSA) is 57.3 Å². The van der Waals surface area contributed by atoms with Crippen molar-refractivity contribution in [1.82, 2.24) is 20.7 Å². The maximum Gasteiger partial charge on any atom is 0.417 e. The highest BCUT2D eigenvalue weighted by Crippen LogP contribution is 2.39. The minimum atomic E-state index is -4.64. The monoisotopic (exact) mass is 442 g/mol. The lowest BCUT2D eigenvalue weighted by Crippen LogP contribution is -2.56. The molecule has 0 saturated carbocycles. The summed E-state index contributed by atoms with van der Waals surface area (Å²) in [7, 11) is 0. The Labute approximate surface area is 175 Å². The number of hydrogen-bond acceptors (Lipinski definition) is 4. The summed E-state index contributed by atoms with van der Waals surface area (Å²) in [5.74, 6) is -0.880. The Bertz CT molecular complexity index is 953. The number of carbonyl (C=O) groups excluding carboxylic acids is 1. The highest BCUT2D eigenvalue weighted by molar-refractivity contribution is 6.34. The van der Waals surface area contributed by atoms with Gasteiger partial charge in [0.05, 0.1) is 34.1 Å². The lowest BCUT2D eigenvalue weighted by molar-refractivity contribution is -0.137. The smallest absolute Gasteiger partial charge is 0.334 e. The molecule has 4 rings (SSSR count). The number of piperidine rings is 1. The number of pyridine rings is 1. The van der Waals surface area contributed by atoms with E-state index in [4.69, 9.17) is 11.6 Å². The molecular formula is C20H19ClF4N4O. The van der Waals surface area contributed by atoms with Crippen molar-refractivity contribution in [3.8, 4) is 0 Å². The first kappa shape index (κ1) is 21.0. The normalized spacial score (nSPS) is 26.5. The molecule has 2 aromatic rings. The first-order chi connectivity index (χ1) is 14.2. The average Bonchev–Trinajstić information content (AvgIpc) is 3.13. The number of fused-ring (bicyclic) bond motifs is 1. The van der Waals surface area contributed by atoms with Crippen LogP contribution in [0, 0.1) is 11.7 Å². The molecule has 1 amide bonds. The summed E-state index contributed by atoms with van der Waals surface area (Å²) in [5, 5.41) is -0.588. The van der Waals surface area contributed by atoms with Gasteiger partial charge in [-0.25, -0.2) is 9.82 Å². The van der Waals surface area contributed by atoms with Gasteiger partial charge >= 0.3 is 6.18 Å². The van der Waals surface area contributed by atoms with Crippen LogP contribution in [0.15, 0.2) is 36.5 Å². The van der Waals surface area contributed by atoms with Crippen molar-refractivity contribution in [2.45, 2.75) is 37.6 Å². The van der Waals surface area contributed by atoms with E-state index in [1.807, 2.05) is 6.92 Å². The van der Waals surface area contributed by atoms with Crippen molar-refractivity contribution in [3.05, 3.63) is 64.2 Å². The van der Waals surface area contributed by atoms with Gasteiger partial charge in [0.2, 0.25) is 0 Å². The zero-order chi connectivity index (χ0) is 21.6. The number of carbonyl (C=O) groups is 1. The molecule has 2 fully saturated rings. The van der Waals surface area contributed by atoms with Crippen molar-refractivity contribution in [3.63, 3.8) is 0 Å². The van der Waals surface area contributed by atoms with E-state index in [9.17, 15) is 22.4 Å². The third kappa shape index (κ3) is 3.66. The molecule has 5 nitrogen and oxygen atoms in total. The van der Waals surface area contributed by atoms with E-state index >= 15 is 0 Å². The molecule has 4 unspecified atom stereocenters. The molecule has 10 heteroatoms. The van der Waals surface area contributed by atoms with Crippen molar-refractivity contribution in [1.29, 1.82) is 0 Å². The average molecular weight is 443 g/mol. The molecule has 2 aliphatic heterocycles. The maximum atomic E-state index is 13.2. The van der Waals surface area contributed by atoms with Crippen LogP contribution in [0.4, 0.5) is 17.6 Å². The van der Waals surface area contributed by atoms with E-state index in [0.29, 0.717) is 18.7 Å². The molecule has 4 atom stereocenters. The number of rotatable bonds is 2. The number of alkyl halides is 3. The maximum absolute atomic E-state index is 13.2. The van der Waals surface area contributed by atoms with E-state index in [2.05, 4.69) is 15.8 Å². The molecule has 0 spiro atoms. The van der Waals surface area contributed by atoms with Gasteiger partial charge in [-0.15, -0.1) is 0 Å². The van der Waals surface area contributed by atoms with E-state index in [1.165, 1.54) is 23.1 Å². The van der Waals surface area contributed by atoms with Gasteiger partial charge in [0.1, 0.15) is 5.82 Å². The minimum Gasteiger partial charge on any atom is -0.334 e. The SMILES string of the molecule is CC1C2NNC(c3ccc(F)cn3)C2CCN1C(=O)c1cccc(C(F)(F)F)c1Cl. The van der Waals surface area contributed by atoms with Crippen LogP contribution in [0.2, 0.25) is 5.02 Å². The number of hydrogen-bond donors (Lipinski definition) is 2. The van der Waals surface area contributed by atoms with E-state index in [-0.39, 0.29) is 29.6 Å². The van der Waals surface area contributed by atoms with Gasteiger partial charge in [0.25, 0.3) is 5.91 Å². The first-order valence-corrected chi connectivity index (χ1v) is 9.85. The highest BCUT2D eigenvalue weighted by atomic mass is 35.5. The fourth-order valence-electron chi connectivity index (χ4n) is 4.34. The second kappa shape index (κ2) is 7.79. The molecule has 1 aromatic heterocycles. The number of benzene rings is 1. The van der Waals surface area contributed by atoms with Crippen molar-refractivity contribution < 1.29 is 22.4 Å². The summed E-state index contributed by atoms with van der Waals surface area (Å²) in [6.07, 6.45) is -2.89. The van der Waals surface area contributed by atoms with Gasteiger partial charge in [-0.3, -0.25) is 15.2 Å². The van der Waals surface area contributed by atoms with Gasteiger partial charge in [0.15, 0.2) is 0 Å².